The lowest BCUT2D eigenvalue weighted by Gasteiger charge is -2.24. The third-order valence-electron chi connectivity index (χ3n) is 3.88. The van der Waals surface area contributed by atoms with Crippen LogP contribution in [0.15, 0.2) is 29.2 Å². The molecular weight excluding hydrogens is 280 g/mol. The Labute approximate surface area is 128 Å². The maximum Gasteiger partial charge on any atom is 0.256 e. The van der Waals surface area contributed by atoms with Gasteiger partial charge in [-0.3, -0.25) is 14.6 Å². The first-order valence-electron chi connectivity index (χ1n) is 7.36. The second-order valence-electron chi connectivity index (χ2n) is 5.62. The highest BCUT2D eigenvalue weighted by Gasteiger charge is 2.32. The normalized spacial score (nSPS) is 17.7. The van der Waals surface area contributed by atoms with Crippen LogP contribution in [0.3, 0.4) is 0 Å². The van der Waals surface area contributed by atoms with Crippen LogP contribution < -0.4 is 5.56 Å². The number of nitrogens with one attached hydrogen (secondary N) is 1. The fourth-order valence-corrected chi connectivity index (χ4v) is 2.81. The molecule has 1 aliphatic heterocycles. The standard InChI is InChI=1S/C16H18N4O2/c1-10-5-6-12(9-17-10)16(22)20-7-3-4-13(20)15-18-11(2)8-14(21)19-15/h5-6,8-9,13H,3-4,7H2,1-2H3,(H,18,19,21)/t13-/m1/s1. The SMILES string of the molecule is Cc1ccc(C(=O)N2CCC[C@@H]2c2nc(C)cc(=O)[nH]2)cn1. The summed E-state index contributed by atoms with van der Waals surface area (Å²) in [5, 5.41) is 0. The summed E-state index contributed by atoms with van der Waals surface area (Å²) in [7, 11) is 0. The van der Waals surface area contributed by atoms with E-state index in [4.69, 9.17) is 0 Å². The van der Waals surface area contributed by atoms with Crippen molar-refractivity contribution in [1.29, 1.82) is 0 Å². The number of nitrogens with zero attached hydrogens (tertiary/aromatic N) is 3. The molecule has 6 heteroatoms. The molecule has 0 saturated carbocycles. The Kier molecular flexibility index (Phi) is 3.75. The number of hydrogen-bond acceptors (Lipinski definition) is 4. The number of hydrogen-bond donors (Lipinski definition) is 1. The minimum atomic E-state index is -0.182. The average Bonchev–Trinajstić information content (AvgIpc) is 2.95. The molecule has 0 spiro atoms. The summed E-state index contributed by atoms with van der Waals surface area (Å²) in [6, 6.07) is 4.88. The monoisotopic (exact) mass is 298 g/mol. The summed E-state index contributed by atoms with van der Waals surface area (Å²) >= 11 is 0. The van der Waals surface area contributed by atoms with Crippen molar-refractivity contribution in [3.63, 3.8) is 0 Å². The van der Waals surface area contributed by atoms with Crippen molar-refractivity contribution in [2.45, 2.75) is 32.7 Å². The van der Waals surface area contributed by atoms with Gasteiger partial charge in [-0.1, -0.05) is 0 Å². The van der Waals surface area contributed by atoms with Gasteiger partial charge in [0, 0.05) is 30.2 Å². The van der Waals surface area contributed by atoms with Crippen LogP contribution in [-0.2, 0) is 0 Å². The van der Waals surface area contributed by atoms with E-state index in [9.17, 15) is 9.59 Å². The first-order chi connectivity index (χ1) is 10.5. The number of aromatic nitrogens is 3. The Morgan fingerprint density at radius 1 is 1.32 bits per heavy atom. The molecule has 0 bridgehead atoms. The molecule has 3 rings (SSSR count). The number of carbonyl (C=O) groups is 1. The highest BCUT2D eigenvalue weighted by atomic mass is 16.2. The van der Waals surface area contributed by atoms with Crippen LogP contribution in [0.1, 0.15) is 46.5 Å². The van der Waals surface area contributed by atoms with Crippen molar-refractivity contribution in [1.82, 2.24) is 19.9 Å². The zero-order valence-corrected chi connectivity index (χ0v) is 12.7. The molecule has 1 amide bonds. The number of aryl methyl sites for hydroxylation is 2. The first kappa shape index (κ1) is 14.4. The van der Waals surface area contributed by atoms with E-state index < -0.39 is 0 Å². The van der Waals surface area contributed by atoms with Crippen molar-refractivity contribution in [3.8, 4) is 0 Å². The number of amides is 1. The van der Waals surface area contributed by atoms with E-state index in [0.717, 1.165) is 18.5 Å². The van der Waals surface area contributed by atoms with Gasteiger partial charge in [-0.25, -0.2) is 4.98 Å². The molecule has 1 fully saturated rings. The quantitative estimate of drug-likeness (QED) is 0.916. The van der Waals surface area contributed by atoms with Gasteiger partial charge in [0.05, 0.1) is 11.6 Å². The molecule has 114 valence electrons. The van der Waals surface area contributed by atoms with Crippen molar-refractivity contribution in [2.24, 2.45) is 0 Å². The molecule has 3 heterocycles. The van der Waals surface area contributed by atoms with E-state index in [1.54, 1.807) is 24.1 Å². The molecule has 2 aromatic heterocycles. The van der Waals surface area contributed by atoms with Gasteiger partial charge in [0.25, 0.3) is 11.5 Å². The summed E-state index contributed by atoms with van der Waals surface area (Å²) in [6.45, 7) is 4.33. The number of aromatic amines is 1. The molecule has 0 unspecified atom stereocenters. The topological polar surface area (TPSA) is 79.0 Å². The van der Waals surface area contributed by atoms with E-state index in [1.807, 2.05) is 13.0 Å². The third kappa shape index (κ3) is 2.77. The molecule has 0 aliphatic carbocycles. The Hall–Kier alpha value is -2.50. The molecule has 22 heavy (non-hydrogen) atoms. The van der Waals surface area contributed by atoms with Gasteiger partial charge in [0.1, 0.15) is 5.82 Å². The summed E-state index contributed by atoms with van der Waals surface area (Å²) in [5.74, 6) is 0.495. The molecule has 1 N–H and O–H groups in total. The lowest BCUT2D eigenvalue weighted by Crippen LogP contribution is -2.32. The summed E-state index contributed by atoms with van der Waals surface area (Å²) in [4.78, 5) is 37.4. The van der Waals surface area contributed by atoms with Gasteiger partial charge in [-0.15, -0.1) is 0 Å². The second-order valence-corrected chi connectivity index (χ2v) is 5.62. The fourth-order valence-electron chi connectivity index (χ4n) is 2.81. The zero-order chi connectivity index (χ0) is 15.7. The van der Waals surface area contributed by atoms with Gasteiger partial charge in [0.15, 0.2) is 0 Å². The van der Waals surface area contributed by atoms with Gasteiger partial charge < -0.3 is 9.88 Å². The Morgan fingerprint density at radius 2 is 2.14 bits per heavy atom. The summed E-state index contributed by atoms with van der Waals surface area (Å²) < 4.78 is 0. The first-order valence-corrected chi connectivity index (χ1v) is 7.36. The fraction of sp³-hybridized carbons (Fsp3) is 0.375. The Bertz CT molecular complexity index is 751. The zero-order valence-electron chi connectivity index (χ0n) is 12.7. The number of carbonyl (C=O) groups excluding carboxylic acids is 1. The van der Waals surface area contributed by atoms with Gasteiger partial charge in [0.2, 0.25) is 0 Å². The van der Waals surface area contributed by atoms with Gasteiger partial charge in [-0.2, -0.15) is 0 Å². The maximum absolute atomic E-state index is 12.7. The minimum absolute atomic E-state index is 0.0702. The summed E-state index contributed by atoms with van der Waals surface area (Å²) in [5.41, 5.74) is 1.92. The van der Waals surface area contributed by atoms with E-state index in [-0.39, 0.29) is 17.5 Å². The molecule has 6 nitrogen and oxygen atoms in total. The molecule has 1 aliphatic rings. The number of rotatable bonds is 2. The van der Waals surface area contributed by atoms with Crippen LogP contribution in [-0.4, -0.2) is 32.3 Å². The van der Waals surface area contributed by atoms with E-state index in [1.165, 1.54) is 6.07 Å². The van der Waals surface area contributed by atoms with Crippen molar-refractivity contribution < 1.29 is 4.79 Å². The van der Waals surface area contributed by atoms with Crippen LogP contribution in [0.25, 0.3) is 0 Å². The van der Waals surface area contributed by atoms with Crippen molar-refractivity contribution in [2.75, 3.05) is 6.54 Å². The van der Waals surface area contributed by atoms with E-state index in [2.05, 4.69) is 15.0 Å². The molecule has 1 saturated heterocycles. The Morgan fingerprint density at radius 3 is 2.82 bits per heavy atom. The smallest absolute Gasteiger partial charge is 0.256 e. The van der Waals surface area contributed by atoms with Crippen LogP contribution in [0.2, 0.25) is 0 Å². The van der Waals surface area contributed by atoms with E-state index >= 15 is 0 Å². The Balaban J connectivity index is 1.91. The van der Waals surface area contributed by atoms with Crippen LogP contribution in [0.4, 0.5) is 0 Å². The molecular formula is C16H18N4O2. The lowest BCUT2D eigenvalue weighted by atomic mass is 10.1. The highest BCUT2D eigenvalue weighted by Crippen LogP contribution is 2.30. The van der Waals surface area contributed by atoms with Crippen molar-refractivity contribution >= 4 is 5.91 Å². The van der Waals surface area contributed by atoms with E-state index in [0.29, 0.717) is 23.6 Å². The number of likely N-dealkylation sites (tertiary alicyclic amines) is 1. The highest BCUT2D eigenvalue weighted by molar-refractivity contribution is 5.94. The van der Waals surface area contributed by atoms with Crippen LogP contribution in [0, 0.1) is 13.8 Å². The number of pyridine rings is 1. The molecule has 1 atom stereocenters. The van der Waals surface area contributed by atoms with Gasteiger partial charge >= 0.3 is 0 Å². The summed E-state index contributed by atoms with van der Waals surface area (Å²) in [6.07, 6.45) is 3.30. The third-order valence-corrected chi connectivity index (χ3v) is 3.88. The molecule has 0 radical (unpaired) electrons. The largest absolute Gasteiger partial charge is 0.328 e. The van der Waals surface area contributed by atoms with Crippen LogP contribution >= 0.6 is 0 Å². The lowest BCUT2D eigenvalue weighted by molar-refractivity contribution is 0.0729. The average molecular weight is 298 g/mol. The van der Waals surface area contributed by atoms with Crippen molar-refractivity contribution in [3.05, 3.63) is 57.5 Å². The molecule has 2 aromatic rings. The predicted octanol–water partition coefficient (Wildman–Crippen LogP) is 1.76. The maximum atomic E-state index is 12.7. The number of H-pyrrole nitrogens is 1. The predicted molar refractivity (Wildman–Crippen MR) is 81.6 cm³/mol. The molecule has 0 aromatic carbocycles. The van der Waals surface area contributed by atoms with Crippen LogP contribution in [0.5, 0.6) is 0 Å². The minimum Gasteiger partial charge on any atom is -0.328 e. The second kappa shape index (κ2) is 5.71. The van der Waals surface area contributed by atoms with Gasteiger partial charge in [-0.05, 0) is 38.8 Å².